The van der Waals surface area contributed by atoms with E-state index in [0.29, 0.717) is 6.04 Å². The number of hydrogen-bond acceptors (Lipinski definition) is 3. The molecule has 2 bridgehead atoms. The van der Waals surface area contributed by atoms with E-state index in [4.69, 9.17) is 5.26 Å². The fourth-order valence-electron chi connectivity index (χ4n) is 2.71. The second kappa shape index (κ2) is 4.73. The first-order chi connectivity index (χ1) is 7.59. The van der Waals surface area contributed by atoms with Gasteiger partial charge in [-0.15, -0.1) is 0 Å². The van der Waals surface area contributed by atoms with Crippen LogP contribution in [0.3, 0.4) is 0 Å². The molecule has 0 saturated carbocycles. The van der Waals surface area contributed by atoms with Crippen molar-refractivity contribution in [2.45, 2.75) is 51.6 Å². The molecule has 3 nitrogen and oxygen atoms in total. The van der Waals surface area contributed by atoms with E-state index in [1.54, 1.807) is 0 Å². The number of rotatable bonds is 3. The van der Waals surface area contributed by atoms with Crippen LogP contribution in [0.25, 0.3) is 0 Å². The van der Waals surface area contributed by atoms with Gasteiger partial charge in [-0.2, -0.15) is 5.26 Å². The van der Waals surface area contributed by atoms with Crippen molar-refractivity contribution in [3.05, 3.63) is 0 Å². The van der Waals surface area contributed by atoms with E-state index >= 15 is 0 Å². The minimum Gasteiger partial charge on any atom is -0.310 e. The summed E-state index contributed by atoms with van der Waals surface area (Å²) in [5.41, 5.74) is -0.168. The highest BCUT2D eigenvalue weighted by Crippen LogP contribution is 2.23. The molecule has 2 rings (SSSR count). The van der Waals surface area contributed by atoms with Crippen molar-refractivity contribution in [2.24, 2.45) is 5.41 Å². The minimum atomic E-state index is -0.168. The number of likely N-dealkylation sites (tertiary alicyclic amines) is 1. The van der Waals surface area contributed by atoms with Crippen LogP contribution in [-0.2, 0) is 0 Å². The second-order valence-electron chi connectivity index (χ2n) is 5.97. The average molecular weight is 221 g/mol. The quantitative estimate of drug-likeness (QED) is 0.789. The summed E-state index contributed by atoms with van der Waals surface area (Å²) in [7, 11) is 0. The maximum absolute atomic E-state index is 9.00. The van der Waals surface area contributed by atoms with E-state index in [2.05, 4.69) is 16.3 Å². The summed E-state index contributed by atoms with van der Waals surface area (Å²) in [6, 6.07) is 3.86. The molecule has 3 heteroatoms. The van der Waals surface area contributed by atoms with E-state index in [9.17, 15) is 0 Å². The van der Waals surface area contributed by atoms with Crippen LogP contribution in [-0.4, -0.2) is 36.6 Å². The fourth-order valence-corrected chi connectivity index (χ4v) is 2.71. The van der Waals surface area contributed by atoms with Gasteiger partial charge in [0.25, 0.3) is 0 Å². The number of hydrogen-bond donors (Lipinski definition) is 1. The van der Waals surface area contributed by atoms with Gasteiger partial charge in [0.15, 0.2) is 0 Å². The molecule has 2 fully saturated rings. The van der Waals surface area contributed by atoms with Gasteiger partial charge in [-0.05, 0) is 52.6 Å². The van der Waals surface area contributed by atoms with Crippen molar-refractivity contribution in [3.8, 4) is 6.07 Å². The van der Waals surface area contributed by atoms with Crippen molar-refractivity contribution in [2.75, 3.05) is 19.6 Å². The Kier molecular flexibility index (Phi) is 3.51. The van der Waals surface area contributed by atoms with E-state index in [0.717, 1.165) is 19.0 Å². The van der Waals surface area contributed by atoms with E-state index in [1.165, 1.54) is 32.4 Å². The Morgan fingerprint density at radius 3 is 2.81 bits per heavy atom. The third kappa shape index (κ3) is 2.96. The second-order valence-corrected chi connectivity index (χ2v) is 5.97. The Labute approximate surface area is 98.8 Å². The first-order valence-electron chi connectivity index (χ1n) is 6.49. The third-order valence-corrected chi connectivity index (χ3v) is 3.96. The predicted octanol–water partition coefficient (Wildman–Crippen LogP) is 1.75. The van der Waals surface area contributed by atoms with Gasteiger partial charge in [0, 0.05) is 18.6 Å². The van der Waals surface area contributed by atoms with Crippen molar-refractivity contribution in [1.82, 2.24) is 10.2 Å². The highest BCUT2D eigenvalue weighted by Gasteiger charge is 2.29. The fraction of sp³-hybridized carbons (Fsp3) is 0.923. The lowest BCUT2D eigenvalue weighted by Gasteiger charge is -2.26. The number of nitrogens with one attached hydrogen (secondary N) is 1. The van der Waals surface area contributed by atoms with Crippen LogP contribution in [0.2, 0.25) is 0 Å². The monoisotopic (exact) mass is 221 g/mol. The standard InChI is InChI=1S/C13H23N3/c1-13(2,10-14)6-8-16-7-5-11-3-4-12(9-16)15-11/h11-12,15H,3-9H2,1-2H3. The molecule has 2 saturated heterocycles. The molecule has 0 amide bonds. The van der Waals surface area contributed by atoms with Crippen LogP contribution in [0.4, 0.5) is 0 Å². The van der Waals surface area contributed by atoms with Gasteiger partial charge in [0.1, 0.15) is 0 Å². The lowest BCUT2D eigenvalue weighted by Crippen LogP contribution is -2.36. The summed E-state index contributed by atoms with van der Waals surface area (Å²) < 4.78 is 0. The first-order valence-corrected chi connectivity index (χ1v) is 6.49. The zero-order valence-electron chi connectivity index (χ0n) is 10.5. The van der Waals surface area contributed by atoms with Gasteiger partial charge >= 0.3 is 0 Å². The molecule has 0 aromatic carbocycles. The number of nitriles is 1. The van der Waals surface area contributed by atoms with Crippen molar-refractivity contribution in [1.29, 1.82) is 5.26 Å². The Hall–Kier alpha value is -0.590. The molecule has 90 valence electrons. The van der Waals surface area contributed by atoms with Crippen molar-refractivity contribution in [3.63, 3.8) is 0 Å². The van der Waals surface area contributed by atoms with Crippen molar-refractivity contribution >= 4 is 0 Å². The predicted molar refractivity (Wildman–Crippen MR) is 65.0 cm³/mol. The Balaban J connectivity index is 1.80. The van der Waals surface area contributed by atoms with Crippen LogP contribution < -0.4 is 5.32 Å². The van der Waals surface area contributed by atoms with Crippen LogP contribution in [0.15, 0.2) is 0 Å². The van der Waals surface area contributed by atoms with Crippen LogP contribution in [0.5, 0.6) is 0 Å². The summed E-state index contributed by atoms with van der Waals surface area (Å²) in [6.07, 6.45) is 4.97. The lowest BCUT2D eigenvalue weighted by atomic mass is 9.91. The van der Waals surface area contributed by atoms with E-state index in [1.807, 2.05) is 13.8 Å². The lowest BCUT2D eigenvalue weighted by molar-refractivity contribution is 0.231. The van der Waals surface area contributed by atoms with Gasteiger partial charge in [-0.1, -0.05) is 0 Å². The summed E-state index contributed by atoms with van der Waals surface area (Å²) in [4.78, 5) is 2.54. The molecular weight excluding hydrogens is 198 g/mol. The van der Waals surface area contributed by atoms with Gasteiger partial charge in [-0.3, -0.25) is 0 Å². The zero-order valence-corrected chi connectivity index (χ0v) is 10.5. The molecule has 1 N–H and O–H groups in total. The topological polar surface area (TPSA) is 39.1 Å². The van der Waals surface area contributed by atoms with Gasteiger partial charge in [0.2, 0.25) is 0 Å². The highest BCUT2D eigenvalue weighted by atomic mass is 15.2. The van der Waals surface area contributed by atoms with Crippen LogP contribution in [0.1, 0.15) is 39.5 Å². The summed E-state index contributed by atoms with van der Waals surface area (Å²) >= 11 is 0. The minimum absolute atomic E-state index is 0.168. The summed E-state index contributed by atoms with van der Waals surface area (Å²) in [5.74, 6) is 0. The largest absolute Gasteiger partial charge is 0.310 e. The molecule has 0 aromatic rings. The highest BCUT2D eigenvalue weighted by molar-refractivity contribution is 4.94. The van der Waals surface area contributed by atoms with Gasteiger partial charge in [-0.25, -0.2) is 0 Å². The molecule has 0 spiro atoms. The Bertz CT molecular complexity index is 279. The average Bonchev–Trinajstić information content (AvgIpc) is 2.57. The summed E-state index contributed by atoms with van der Waals surface area (Å²) in [5, 5.41) is 12.7. The molecule has 2 aliphatic rings. The normalized spacial score (nSPS) is 31.1. The third-order valence-electron chi connectivity index (χ3n) is 3.96. The zero-order chi connectivity index (χ0) is 11.6. The Morgan fingerprint density at radius 2 is 2.06 bits per heavy atom. The molecule has 0 aliphatic carbocycles. The van der Waals surface area contributed by atoms with Gasteiger partial charge in [0.05, 0.1) is 11.5 Å². The maximum Gasteiger partial charge on any atom is 0.0684 e. The molecule has 2 aliphatic heterocycles. The first kappa shape index (κ1) is 11.9. The molecular formula is C13H23N3. The maximum atomic E-state index is 9.00. The number of nitrogens with zero attached hydrogens (tertiary/aromatic N) is 2. The molecule has 16 heavy (non-hydrogen) atoms. The molecule has 0 aromatic heterocycles. The van der Waals surface area contributed by atoms with Crippen molar-refractivity contribution < 1.29 is 0 Å². The molecule has 2 heterocycles. The van der Waals surface area contributed by atoms with Crippen LogP contribution in [0, 0.1) is 16.7 Å². The SMILES string of the molecule is CC(C)(C#N)CCN1CCC2CCC(C1)N2. The van der Waals surface area contributed by atoms with Gasteiger partial charge < -0.3 is 10.2 Å². The van der Waals surface area contributed by atoms with E-state index in [-0.39, 0.29) is 5.41 Å². The Morgan fingerprint density at radius 1 is 1.31 bits per heavy atom. The molecule has 2 unspecified atom stereocenters. The van der Waals surface area contributed by atoms with Crippen LogP contribution >= 0.6 is 0 Å². The smallest absolute Gasteiger partial charge is 0.0684 e. The van der Waals surface area contributed by atoms with E-state index < -0.39 is 0 Å². The molecule has 2 atom stereocenters. The molecule has 0 radical (unpaired) electrons. The summed E-state index contributed by atoms with van der Waals surface area (Å²) in [6.45, 7) is 7.53. The number of fused-ring (bicyclic) bond motifs is 2.